The Morgan fingerprint density at radius 2 is 2.00 bits per heavy atom. The zero-order chi connectivity index (χ0) is 15.6. The smallest absolute Gasteiger partial charge is 0.254 e. The summed E-state index contributed by atoms with van der Waals surface area (Å²) in [6.07, 6.45) is 2.99. The lowest BCUT2D eigenvalue weighted by atomic mass is 9.79. The van der Waals surface area contributed by atoms with E-state index < -0.39 is 23.1 Å². The van der Waals surface area contributed by atoms with Crippen molar-refractivity contribution in [2.24, 2.45) is 5.92 Å². The number of rotatable bonds is 3. The molecule has 1 aliphatic carbocycles. The summed E-state index contributed by atoms with van der Waals surface area (Å²) < 4.78 is 26.6. The van der Waals surface area contributed by atoms with E-state index in [1.54, 1.807) is 0 Å². The van der Waals surface area contributed by atoms with Gasteiger partial charge in [0, 0.05) is 12.6 Å². The summed E-state index contributed by atoms with van der Waals surface area (Å²) in [4.78, 5) is 11.9. The highest BCUT2D eigenvalue weighted by atomic mass is 19.1. The van der Waals surface area contributed by atoms with Gasteiger partial charge in [-0.25, -0.2) is 8.78 Å². The fourth-order valence-corrected chi connectivity index (χ4v) is 2.56. The van der Waals surface area contributed by atoms with Crippen LogP contribution in [0.5, 0.6) is 0 Å². The zero-order valence-electron chi connectivity index (χ0n) is 12.0. The number of nitrogen functional groups attached to an aromatic ring is 1. The molecule has 0 unspecified atom stereocenters. The van der Waals surface area contributed by atoms with Crippen molar-refractivity contribution in [1.29, 1.82) is 0 Å². The highest BCUT2D eigenvalue weighted by Gasteiger charge is 2.32. The van der Waals surface area contributed by atoms with Gasteiger partial charge in [0.1, 0.15) is 11.6 Å². The minimum absolute atomic E-state index is 0.0509. The van der Waals surface area contributed by atoms with E-state index in [0.29, 0.717) is 24.8 Å². The molecular formula is C15H20F2N2O2. The van der Waals surface area contributed by atoms with Gasteiger partial charge in [-0.2, -0.15) is 0 Å². The molecule has 1 aromatic rings. The van der Waals surface area contributed by atoms with E-state index in [1.807, 2.05) is 0 Å². The maximum absolute atomic E-state index is 13.6. The number of amides is 1. The third-order valence-electron chi connectivity index (χ3n) is 4.11. The Balaban J connectivity index is 2.00. The van der Waals surface area contributed by atoms with Crippen LogP contribution < -0.4 is 11.1 Å². The average Bonchev–Trinajstić information content (AvgIpc) is 2.44. The van der Waals surface area contributed by atoms with Crippen LogP contribution in [0.25, 0.3) is 0 Å². The van der Waals surface area contributed by atoms with Gasteiger partial charge in [-0.1, -0.05) is 6.92 Å². The van der Waals surface area contributed by atoms with Gasteiger partial charge in [0.05, 0.1) is 16.9 Å². The molecule has 0 bridgehead atoms. The molecule has 4 nitrogen and oxygen atoms in total. The third-order valence-corrected chi connectivity index (χ3v) is 4.11. The summed E-state index contributed by atoms with van der Waals surface area (Å²) in [6.45, 7) is 2.17. The number of carbonyl (C=O) groups excluding carboxylic acids is 1. The molecule has 116 valence electrons. The van der Waals surface area contributed by atoms with Gasteiger partial charge >= 0.3 is 0 Å². The third kappa shape index (κ3) is 3.69. The highest BCUT2D eigenvalue weighted by molar-refractivity contribution is 5.95. The molecule has 1 saturated carbocycles. The molecular weight excluding hydrogens is 278 g/mol. The van der Waals surface area contributed by atoms with Gasteiger partial charge in [0.2, 0.25) is 0 Å². The van der Waals surface area contributed by atoms with E-state index in [2.05, 4.69) is 12.2 Å². The van der Waals surface area contributed by atoms with E-state index in [1.165, 1.54) is 0 Å². The summed E-state index contributed by atoms with van der Waals surface area (Å²) in [7, 11) is 0. The first-order valence-corrected chi connectivity index (χ1v) is 7.06. The Morgan fingerprint density at radius 3 is 2.62 bits per heavy atom. The molecule has 1 aromatic carbocycles. The van der Waals surface area contributed by atoms with Crippen molar-refractivity contribution < 1.29 is 18.7 Å². The molecule has 21 heavy (non-hydrogen) atoms. The van der Waals surface area contributed by atoms with Crippen molar-refractivity contribution in [1.82, 2.24) is 5.32 Å². The number of hydrogen-bond acceptors (Lipinski definition) is 3. The maximum atomic E-state index is 13.6. The monoisotopic (exact) mass is 298 g/mol. The van der Waals surface area contributed by atoms with Crippen LogP contribution >= 0.6 is 0 Å². The van der Waals surface area contributed by atoms with E-state index in [0.717, 1.165) is 18.9 Å². The van der Waals surface area contributed by atoms with Crippen LogP contribution in [-0.2, 0) is 0 Å². The molecule has 0 aromatic heterocycles. The first-order valence-electron chi connectivity index (χ1n) is 7.06. The molecule has 1 amide bonds. The number of benzene rings is 1. The van der Waals surface area contributed by atoms with Crippen molar-refractivity contribution in [3.8, 4) is 0 Å². The molecule has 1 fully saturated rings. The van der Waals surface area contributed by atoms with Gasteiger partial charge in [0.15, 0.2) is 0 Å². The summed E-state index contributed by atoms with van der Waals surface area (Å²) >= 11 is 0. The highest BCUT2D eigenvalue weighted by Crippen LogP contribution is 2.31. The number of nitrogens with two attached hydrogens (primary N) is 1. The summed E-state index contributed by atoms with van der Waals surface area (Å²) in [5.41, 5.74) is 3.78. The molecule has 6 heteroatoms. The van der Waals surface area contributed by atoms with E-state index in [-0.39, 0.29) is 17.8 Å². The second kappa shape index (κ2) is 5.97. The average molecular weight is 298 g/mol. The number of carbonyl (C=O) groups is 1. The van der Waals surface area contributed by atoms with Gasteiger partial charge in [-0.05, 0) is 37.7 Å². The standard InChI is InChI=1S/C15H20F2N2O2/c1-9-2-4-15(21,5-3-9)8-19-14(20)10-6-13(18)12(17)7-11(10)16/h6-7,9,21H,2-5,8,18H2,1H3,(H,19,20). The summed E-state index contributed by atoms with van der Waals surface area (Å²) in [5, 5.41) is 12.9. The van der Waals surface area contributed by atoms with Gasteiger partial charge < -0.3 is 16.2 Å². The topological polar surface area (TPSA) is 75.3 Å². The lowest BCUT2D eigenvalue weighted by Gasteiger charge is -2.34. The van der Waals surface area contributed by atoms with E-state index in [4.69, 9.17) is 5.73 Å². The number of anilines is 1. The number of hydrogen-bond donors (Lipinski definition) is 3. The molecule has 2 rings (SSSR count). The molecule has 0 atom stereocenters. The van der Waals surface area contributed by atoms with E-state index in [9.17, 15) is 18.7 Å². The Labute approximate surface area is 122 Å². The SMILES string of the molecule is CC1CCC(O)(CNC(=O)c2cc(N)c(F)cc2F)CC1. The molecule has 4 N–H and O–H groups in total. The lowest BCUT2D eigenvalue weighted by Crippen LogP contribution is -2.45. The van der Waals surface area contributed by atoms with Crippen molar-refractivity contribution in [2.75, 3.05) is 12.3 Å². The Hall–Kier alpha value is -1.69. The number of halogens is 2. The minimum Gasteiger partial charge on any atom is -0.396 e. The Kier molecular flexibility index (Phi) is 4.46. The fraction of sp³-hybridized carbons (Fsp3) is 0.533. The number of nitrogens with one attached hydrogen (secondary N) is 1. The number of aliphatic hydroxyl groups is 1. The molecule has 1 aliphatic rings. The van der Waals surface area contributed by atoms with Crippen molar-refractivity contribution in [3.63, 3.8) is 0 Å². The lowest BCUT2D eigenvalue weighted by molar-refractivity contribution is -0.00543. The van der Waals surface area contributed by atoms with Crippen LogP contribution in [0.3, 0.4) is 0 Å². The first kappa shape index (κ1) is 15.7. The zero-order valence-corrected chi connectivity index (χ0v) is 12.0. The van der Waals surface area contributed by atoms with Crippen molar-refractivity contribution >= 4 is 11.6 Å². The molecule has 0 radical (unpaired) electrons. The van der Waals surface area contributed by atoms with Gasteiger partial charge in [-0.15, -0.1) is 0 Å². The molecule has 0 aliphatic heterocycles. The van der Waals surface area contributed by atoms with Crippen LogP contribution in [0.2, 0.25) is 0 Å². The summed E-state index contributed by atoms with van der Waals surface area (Å²) in [6, 6.07) is 1.55. The first-order chi connectivity index (χ1) is 9.81. The van der Waals surface area contributed by atoms with Crippen LogP contribution in [-0.4, -0.2) is 23.2 Å². The van der Waals surface area contributed by atoms with Crippen LogP contribution in [0.4, 0.5) is 14.5 Å². The minimum atomic E-state index is -0.969. The largest absolute Gasteiger partial charge is 0.396 e. The molecule has 0 spiro atoms. The Morgan fingerprint density at radius 1 is 1.38 bits per heavy atom. The second-order valence-corrected chi connectivity index (χ2v) is 5.94. The maximum Gasteiger partial charge on any atom is 0.254 e. The van der Waals surface area contributed by atoms with Gasteiger partial charge in [-0.3, -0.25) is 4.79 Å². The second-order valence-electron chi connectivity index (χ2n) is 5.94. The van der Waals surface area contributed by atoms with Crippen LogP contribution in [0.15, 0.2) is 12.1 Å². The predicted molar refractivity (Wildman–Crippen MR) is 75.7 cm³/mol. The van der Waals surface area contributed by atoms with Crippen molar-refractivity contribution in [3.05, 3.63) is 29.3 Å². The van der Waals surface area contributed by atoms with Gasteiger partial charge in [0.25, 0.3) is 5.91 Å². The van der Waals surface area contributed by atoms with Crippen LogP contribution in [0.1, 0.15) is 43.0 Å². The van der Waals surface area contributed by atoms with Crippen molar-refractivity contribution in [2.45, 2.75) is 38.2 Å². The Bertz CT molecular complexity index is 541. The predicted octanol–water partition coefficient (Wildman–Crippen LogP) is 2.22. The molecule has 0 saturated heterocycles. The van der Waals surface area contributed by atoms with Crippen LogP contribution in [0, 0.1) is 17.6 Å². The quantitative estimate of drug-likeness (QED) is 0.749. The summed E-state index contributed by atoms with van der Waals surface area (Å²) in [5.74, 6) is -2.01. The van der Waals surface area contributed by atoms with E-state index >= 15 is 0 Å². The fourth-order valence-electron chi connectivity index (χ4n) is 2.56. The molecule has 0 heterocycles. The normalized spacial score (nSPS) is 25.6.